The number of hydrogen-bond acceptors (Lipinski definition) is 17. The van der Waals surface area contributed by atoms with Crippen molar-refractivity contribution in [3.8, 4) is 0 Å². The molecule has 3 aliphatic rings. The number of hydrogen-bond donors (Lipinski definition) is 3. The lowest BCUT2D eigenvalue weighted by Crippen LogP contribution is -2.62. The molecule has 3 fully saturated rings. The average Bonchev–Trinajstić information content (AvgIpc) is 3.24. The van der Waals surface area contributed by atoms with Gasteiger partial charge in [0, 0.05) is 51.6 Å². The van der Waals surface area contributed by atoms with E-state index < -0.39 is 114 Å². The zero-order chi connectivity index (χ0) is 49.5. The van der Waals surface area contributed by atoms with Crippen LogP contribution in [0.15, 0.2) is 35.5 Å². The lowest BCUT2D eigenvalue weighted by atomic mass is 9.73. The Morgan fingerprint density at radius 1 is 0.879 bits per heavy atom. The van der Waals surface area contributed by atoms with Crippen molar-refractivity contribution >= 4 is 23.6 Å². The summed E-state index contributed by atoms with van der Waals surface area (Å²) in [6.45, 7) is 20.0. The number of esters is 3. The summed E-state index contributed by atoms with van der Waals surface area (Å²) in [5.74, 6) is -5.30. The van der Waals surface area contributed by atoms with E-state index in [9.17, 15) is 29.7 Å². The van der Waals surface area contributed by atoms with Crippen molar-refractivity contribution in [1.82, 2.24) is 4.90 Å². The maximum absolute atomic E-state index is 14.6. The van der Waals surface area contributed by atoms with Crippen molar-refractivity contribution in [1.29, 1.82) is 0 Å². The first kappa shape index (κ1) is 55.3. The van der Waals surface area contributed by atoms with E-state index in [2.05, 4.69) is 5.16 Å². The quantitative estimate of drug-likeness (QED) is 0.103. The number of nitrogens with zero attached hydrogens (tertiary/aromatic N) is 2. The lowest BCUT2D eigenvalue weighted by molar-refractivity contribution is -0.319. The SMILES string of the molecule is CC[C@@H]1OC(=O)[C@H](C)[C@@H](O[C@H]2C[C@@](C)(OC)[C@@H](OC(C)=O)[C@H](C)O2)[C@H](C)[C@@H](O[C@@H]2O[C@H](C)C[C@H](N(C)C)[C@H]2OC(C)=O)[C@@](C)(O)C[C@@H](C)/C(=N/OCCc2ccccc2)[C@@H](C)[C@@H](O)[C@]1(C)O. The molecule has 4 rings (SSSR count). The second-order valence-electron chi connectivity index (χ2n) is 19.8. The van der Waals surface area contributed by atoms with Crippen LogP contribution in [0.2, 0.25) is 0 Å². The summed E-state index contributed by atoms with van der Waals surface area (Å²) in [5, 5.41) is 41.9. The van der Waals surface area contributed by atoms with Crippen molar-refractivity contribution in [3.05, 3.63) is 35.9 Å². The lowest BCUT2D eigenvalue weighted by Gasteiger charge is -2.49. The zero-order valence-corrected chi connectivity index (χ0v) is 41.9. The number of carbonyl (C=O) groups excluding carboxylic acids is 3. The molecule has 3 N–H and O–H groups in total. The van der Waals surface area contributed by atoms with Crippen LogP contribution < -0.4 is 0 Å². The topological polar surface area (TPSA) is 211 Å². The van der Waals surface area contributed by atoms with Gasteiger partial charge < -0.3 is 63.0 Å². The number of rotatable bonds is 13. The zero-order valence-electron chi connectivity index (χ0n) is 41.9. The first-order chi connectivity index (χ1) is 30.8. The van der Waals surface area contributed by atoms with Crippen LogP contribution in [0, 0.1) is 23.7 Å². The fourth-order valence-electron chi connectivity index (χ4n) is 10.2. The molecular formula is C49H80N2O15. The molecule has 0 amide bonds. The minimum Gasteiger partial charge on any atom is -0.459 e. The molecule has 0 aliphatic carbocycles. The van der Waals surface area contributed by atoms with Crippen LogP contribution in [0.5, 0.6) is 0 Å². The highest BCUT2D eigenvalue weighted by Gasteiger charge is 2.54. The van der Waals surface area contributed by atoms with Gasteiger partial charge in [0.1, 0.15) is 23.9 Å². The maximum Gasteiger partial charge on any atom is 0.311 e. The van der Waals surface area contributed by atoms with E-state index >= 15 is 0 Å². The van der Waals surface area contributed by atoms with Gasteiger partial charge in [-0.3, -0.25) is 14.4 Å². The molecule has 376 valence electrons. The van der Waals surface area contributed by atoms with Crippen LogP contribution in [0.1, 0.15) is 114 Å². The van der Waals surface area contributed by atoms with Gasteiger partial charge in [0.15, 0.2) is 24.8 Å². The standard InChI is InChI=1S/C49H80N2O15/c1-16-37-49(12,57)42(54)29(4)39(50-59-23-22-35-20-18-17-19-21-35)27(2)25-47(10,56)43(66-46-41(62-33(8)52)36(51(13)14)24-28(3)60-46)30(5)40(31(6)45(55)64-37)65-38-26-48(11,58-15)44(32(7)61-38)63-34(9)53/h17-21,27-32,36-38,40-44,46,54,56-57H,16,22-26H2,1-15H3/b50-39-/t27-,28-,29-,30+,31-,32+,36+,37+,38+,40+,41-,42-,43-,44+,46+,47+,48-,49-/m1/s1. The Kier molecular flexibility index (Phi) is 19.6. The molecule has 0 saturated carbocycles. The number of benzene rings is 1. The number of likely N-dealkylation sites (N-methyl/N-ethyl adjacent to an activating group) is 1. The molecular weight excluding hydrogens is 857 g/mol. The number of oxime groups is 1. The monoisotopic (exact) mass is 937 g/mol. The molecule has 17 heteroatoms. The summed E-state index contributed by atoms with van der Waals surface area (Å²) in [7, 11) is 5.25. The molecule has 0 aromatic heterocycles. The van der Waals surface area contributed by atoms with Gasteiger partial charge in [-0.15, -0.1) is 0 Å². The third-order valence-corrected chi connectivity index (χ3v) is 13.9. The van der Waals surface area contributed by atoms with Gasteiger partial charge in [-0.1, -0.05) is 63.2 Å². The smallest absolute Gasteiger partial charge is 0.311 e. The molecule has 3 saturated heterocycles. The molecule has 0 bridgehead atoms. The van der Waals surface area contributed by atoms with Gasteiger partial charge in [0.2, 0.25) is 0 Å². The first-order valence-corrected chi connectivity index (χ1v) is 23.5. The molecule has 0 unspecified atom stereocenters. The van der Waals surface area contributed by atoms with E-state index in [4.69, 9.17) is 42.7 Å². The predicted octanol–water partition coefficient (Wildman–Crippen LogP) is 4.97. The van der Waals surface area contributed by atoms with Crippen LogP contribution in [0.3, 0.4) is 0 Å². The highest BCUT2D eigenvalue weighted by Crippen LogP contribution is 2.42. The van der Waals surface area contributed by atoms with Crippen molar-refractivity contribution in [2.45, 2.75) is 199 Å². The molecule has 3 heterocycles. The first-order valence-electron chi connectivity index (χ1n) is 23.5. The van der Waals surface area contributed by atoms with E-state index in [1.165, 1.54) is 27.9 Å². The molecule has 1 aromatic carbocycles. The largest absolute Gasteiger partial charge is 0.459 e. The summed E-state index contributed by atoms with van der Waals surface area (Å²) in [5.41, 5.74) is -3.48. The number of aliphatic hydroxyl groups is 3. The Labute approximate surface area is 392 Å². The molecule has 18 atom stereocenters. The van der Waals surface area contributed by atoms with Crippen LogP contribution in [-0.2, 0) is 63.5 Å². The molecule has 66 heavy (non-hydrogen) atoms. The number of ether oxygens (including phenoxy) is 8. The second kappa shape index (κ2) is 23.4. The highest BCUT2D eigenvalue weighted by atomic mass is 16.7. The van der Waals surface area contributed by atoms with Crippen molar-refractivity contribution < 1.29 is 72.4 Å². The number of aliphatic hydroxyl groups excluding tert-OH is 1. The Hall–Kier alpha value is -3.26. The van der Waals surface area contributed by atoms with Gasteiger partial charge in [-0.25, -0.2) is 0 Å². The molecule has 0 spiro atoms. The number of methoxy groups -OCH3 is 1. The van der Waals surface area contributed by atoms with E-state index in [0.29, 0.717) is 18.6 Å². The summed E-state index contributed by atoms with van der Waals surface area (Å²) in [6.07, 6.45) is -8.87. The minimum absolute atomic E-state index is 0.0365. The Bertz CT molecular complexity index is 1760. The van der Waals surface area contributed by atoms with Gasteiger partial charge in [-0.05, 0) is 80.5 Å². The van der Waals surface area contributed by atoms with Crippen LogP contribution >= 0.6 is 0 Å². The fourth-order valence-corrected chi connectivity index (χ4v) is 10.2. The van der Waals surface area contributed by atoms with E-state index in [0.717, 1.165) is 5.56 Å². The van der Waals surface area contributed by atoms with Crippen molar-refractivity contribution in [2.24, 2.45) is 28.8 Å². The van der Waals surface area contributed by atoms with Gasteiger partial charge in [-0.2, -0.15) is 0 Å². The van der Waals surface area contributed by atoms with Crippen LogP contribution in [0.4, 0.5) is 0 Å². The number of cyclic esters (lactones) is 1. The Morgan fingerprint density at radius 2 is 1.52 bits per heavy atom. The maximum atomic E-state index is 14.6. The normalized spacial score (nSPS) is 41.4. The Morgan fingerprint density at radius 3 is 2.09 bits per heavy atom. The second-order valence-corrected chi connectivity index (χ2v) is 19.8. The average molecular weight is 937 g/mol. The van der Waals surface area contributed by atoms with Crippen molar-refractivity contribution in [3.63, 3.8) is 0 Å². The van der Waals surface area contributed by atoms with Crippen LogP contribution in [-0.4, -0.2) is 156 Å². The third kappa shape index (κ3) is 13.5. The van der Waals surface area contributed by atoms with E-state index in [-0.39, 0.29) is 38.0 Å². The molecule has 1 aromatic rings. The molecule has 3 aliphatic heterocycles. The third-order valence-electron chi connectivity index (χ3n) is 13.9. The van der Waals surface area contributed by atoms with Crippen molar-refractivity contribution in [2.75, 3.05) is 27.8 Å². The van der Waals surface area contributed by atoms with E-state index in [1.54, 1.807) is 48.5 Å². The summed E-state index contributed by atoms with van der Waals surface area (Å²) in [6, 6.07) is 9.43. The molecule has 0 radical (unpaired) electrons. The minimum atomic E-state index is -1.98. The summed E-state index contributed by atoms with van der Waals surface area (Å²) < 4.78 is 50.4. The van der Waals surface area contributed by atoms with Gasteiger partial charge in [0.05, 0.1) is 53.8 Å². The number of carbonyl (C=O) groups is 3. The fraction of sp³-hybridized carbons (Fsp3) is 0.796. The van der Waals surface area contributed by atoms with Crippen LogP contribution in [0.25, 0.3) is 0 Å². The van der Waals surface area contributed by atoms with Gasteiger partial charge in [0.25, 0.3) is 0 Å². The van der Waals surface area contributed by atoms with E-state index in [1.807, 2.05) is 63.2 Å². The Balaban J connectivity index is 1.90. The highest BCUT2D eigenvalue weighted by molar-refractivity contribution is 5.88. The van der Waals surface area contributed by atoms with Gasteiger partial charge >= 0.3 is 17.9 Å². The molecule has 17 nitrogen and oxygen atoms in total. The predicted molar refractivity (Wildman–Crippen MR) is 244 cm³/mol. The summed E-state index contributed by atoms with van der Waals surface area (Å²) >= 11 is 0. The summed E-state index contributed by atoms with van der Waals surface area (Å²) in [4.78, 5) is 47.3.